The molecule has 1 heterocycles. The zero-order chi connectivity index (χ0) is 13.5. The normalized spacial score (nSPS) is 21.5. The van der Waals surface area contributed by atoms with Gasteiger partial charge in [0.05, 0.1) is 6.61 Å². The Kier molecular flexibility index (Phi) is 6.12. The average Bonchev–Trinajstić information content (AvgIpc) is 2.38. The number of rotatable bonds is 5. The molecule has 2 atom stereocenters. The molecule has 0 aromatic heterocycles. The van der Waals surface area contributed by atoms with Crippen LogP contribution in [0.2, 0.25) is 0 Å². The fraction of sp³-hybridized carbons (Fsp3) is 0.846. The highest BCUT2D eigenvalue weighted by molar-refractivity contribution is 5.84. The summed E-state index contributed by atoms with van der Waals surface area (Å²) >= 11 is 0. The standard InChI is InChI=1S/C13H24N2O3/c1-3-18-13(17)11-6-4-5-7-15(11)12(16)8-10(2)9-14/h10-11H,3-9,14H2,1-2H3. The van der Waals surface area contributed by atoms with E-state index in [-0.39, 0.29) is 17.8 Å². The van der Waals surface area contributed by atoms with E-state index in [1.807, 2.05) is 6.92 Å². The van der Waals surface area contributed by atoms with Crippen LogP contribution in [-0.4, -0.2) is 42.5 Å². The van der Waals surface area contributed by atoms with Crippen molar-refractivity contribution in [3.63, 3.8) is 0 Å². The van der Waals surface area contributed by atoms with Gasteiger partial charge in [-0.25, -0.2) is 4.79 Å². The third kappa shape index (κ3) is 3.98. The quantitative estimate of drug-likeness (QED) is 0.742. The molecule has 0 saturated carbocycles. The third-order valence-electron chi connectivity index (χ3n) is 3.31. The van der Waals surface area contributed by atoms with Gasteiger partial charge in [0.25, 0.3) is 0 Å². The van der Waals surface area contributed by atoms with Crippen LogP contribution in [0.25, 0.3) is 0 Å². The third-order valence-corrected chi connectivity index (χ3v) is 3.31. The van der Waals surface area contributed by atoms with Gasteiger partial charge in [-0.15, -0.1) is 0 Å². The van der Waals surface area contributed by atoms with Gasteiger partial charge in [0.2, 0.25) is 5.91 Å². The molecular weight excluding hydrogens is 232 g/mol. The molecule has 5 heteroatoms. The fourth-order valence-electron chi connectivity index (χ4n) is 2.21. The van der Waals surface area contributed by atoms with Crippen LogP contribution < -0.4 is 5.73 Å². The number of nitrogens with zero attached hydrogens (tertiary/aromatic N) is 1. The van der Waals surface area contributed by atoms with Gasteiger partial charge in [0.15, 0.2) is 0 Å². The minimum Gasteiger partial charge on any atom is -0.464 e. The second kappa shape index (κ2) is 7.36. The van der Waals surface area contributed by atoms with Crippen molar-refractivity contribution in [2.24, 2.45) is 11.7 Å². The largest absolute Gasteiger partial charge is 0.464 e. The first-order valence-electron chi connectivity index (χ1n) is 6.76. The maximum Gasteiger partial charge on any atom is 0.328 e. The van der Waals surface area contributed by atoms with Crippen LogP contribution in [0.15, 0.2) is 0 Å². The Hall–Kier alpha value is -1.10. The second-order valence-electron chi connectivity index (χ2n) is 4.90. The first kappa shape index (κ1) is 15.0. The molecule has 0 aromatic carbocycles. The lowest BCUT2D eigenvalue weighted by molar-refractivity contribution is -0.156. The van der Waals surface area contributed by atoms with E-state index in [9.17, 15) is 9.59 Å². The summed E-state index contributed by atoms with van der Waals surface area (Å²) < 4.78 is 5.04. The summed E-state index contributed by atoms with van der Waals surface area (Å²) in [6, 6.07) is -0.392. The Morgan fingerprint density at radius 3 is 2.78 bits per heavy atom. The van der Waals surface area contributed by atoms with Crippen molar-refractivity contribution in [2.75, 3.05) is 19.7 Å². The zero-order valence-corrected chi connectivity index (χ0v) is 11.4. The summed E-state index contributed by atoms with van der Waals surface area (Å²) in [5, 5.41) is 0. The molecule has 1 fully saturated rings. The minimum atomic E-state index is -0.392. The van der Waals surface area contributed by atoms with Gasteiger partial charge in [0, 0.05) is 13.0 Å². The molecule has 104 valence electrons. The summed E-state index contributed by atoms with van der Waals surface area (Å²) in [5.41, 5.74) is 5.53. The Bertz CT molecular complexity index is 294. The van der Waals surface area contributed by atoms with E-state index in [0.717, 1.165) is 12.8 Å². The smallest absolute Gasteiger partial charge is 0.328 e. The molecule has 1 rings (SSSR count). The highest BCUT2D eigenvalue weighted by Crippen LogP contribution is 2.20. The predicted octanol–water partition coefficient (Wildman–Crippen LogP) is 0.915. The molecule has 1 saturated heterocycles. The number of esters is 1. The summed E-state index contributed by atoms with van der Waals surface area (Å²) in [6.07, 6.45) is 3.05. The Labute approximate surface area is 109 Å². The molecule has 1 aliphatic rings. The van der Waals surface area contributed by atoms with Crippen molar-refractivity contribution in [1.82, 2.24) is 4.90 Å². The highest BCUT2D eigenvalue weighted by Gasteiger charge is 2.33. The van der Waals surface area contributed by atoms with E-state index in [1.54, 1.807) is 11.8 Å². The number of amides is 1. The lowest BCUT2D eigenvalue weighted by Crippen LogP contribution is -2.49. The van der Waals surface area contributed by atoms with E-state index in [2.05, 4.69) is 0 Å². The lowest BCUT2D eigenvalue weighted by Gasteiger charge is -2.34. The second-order valence-corrected chi connectivity index (χ2v) is 4.90. The molecule has 0 aliphatic carbocycles. The van der Waals surface area contributed by atoms with Gasteiger partial charge in [-0.1, -0.05) is 6.92 Å². The molecule has 2 N–H and O–H groups in total. The van der Waals surface area contributed by atoms with Gasteiger partial charge in [-0.2, -0.15) is 0 Å². The van der Waals surface area contributed by atoms with Crippen LogP contribution in [0.4, 0.5) is 0 Å². The Balaban J connectivity index is 2.63. The van der Waals surface area contributed by atoms with Crippen molar-refractivity contribution in [3.8, 4) is 0 Å². The monoisotopic (exact) mass is 256 g/mol. The van der Waals surface area contributed by atoms with Crippen LogP contribution in [0.3, 0.4) is 0 Å². The molecule has 2 unspecified atom stereocenters. The van der Waals surface area contributed by atoms with E-state index in [4.69, 9.17) is 10.5 Å². The van der Waals surface area contributed by atoms with Crippen molar-refractivity contribution in [2.45, 2.75) is 45.6 Å². The number of likely N-dealkylation sites (tertiary alicyclic amines) is 1. The van der Waals surface area contributed by atoms with E-state index in [1.165, 1.54) is 0 Å². The fourth-order valence-corrected chi connectivity index (χ4v) is 2.21. The maximum absolute atomic E-state index is 12.1. The molecule has 0 aromatic rings. The first-order valence-corrected chi connectivity index (χ1v) is 6.76. The summed E-state index contributed by atoms with van der Waals surface area (Å²) in [5.74, 6) is -0.0982. The number of nitrogens with two attached hydrogens (primary N) is 1. The van der Waals surface area contributed by atoms with Crippen molar-refractivity contribution in [1.29, 1.82) is 0 Å². The van der Waals surface area contributed by atoms with Crippen LogP contribution >= 0.6 is 0 Å². The molecule has 5 nitrogen and oxygen atoms in total. The number of ether oxygens (including phenoxy) is 1. The summed E-state index contributed by atoms with van der Waals surface area (Å²) in [4.78, 5) is 25.7. The summed E-state index contributed by atoms with van der Waals surface area (Å²) in [6.45, 7) is 5.23. The number of carbonyl (C=O) groups excluding carboxylic acids is 2. The maximum atomic E-state index is 12.1. The minimum absolute atomic E-state index is 0.0192. The van der Waals surface area contributed by atoms with E-state index in [0.29, 0.717) is 32.5 Å². The van der Waals surface area contributed by atoms with Crippen molar-refractivity contribution >= 4 is 11.9 Å². The van der Waals surface area contributed by atoms with Crippen LogP contribution in [0, 0.1) is 5.92 Å². The highest BCUT2D eigenvalue weighted by atomic mass is 16.5. The number of carbonyl (C=O) groups is 2. The van der Waals surface area contributed by atoms with Gasteiger partial charge < -0.3 is 15.4 Å². The van der Waals surface area contributed by atoms with Gasteiger partial charge in [-0.3, -0.25) is 4.79 Å². The Morgan fingerprint density at radius 1 is 1.44 bits per heavy atom. The number of hydrogen-bond donors (Lipinski definition) is 1. The van der Waals surface area contributed by atoms with E-state index >= 15 is 0 Å². The molecule has 1 aliphatic heterocycles. The molecule has 0 radical (unpaired) electrons. The topological polar surface area (TPSA) is 72.6 Å². The van der Waals surface area contributed by atoms with Crippen LogP contribution in [0.5, 0.6) is 0 Å². The molecule has 1 amide bonds. The first-order chi connectivity index (χ1) is 8.60. The van der Waals surface area contributed by atoms with Crippen LogP contribution in [0.1, 0.15) is 39.5 Å². The zero-order valence-electron chi connectivity index (χ0n) is 11.4. The molecule has 18 heavy (non-hydrogen) atoms. The van der Waals surface area contributed by atoms with Gasteiger partial charge in [0.1, 0.15) is 6.04 Å². The molecular formula is C13H24N2O3. The van der Waals surface area contributed by atoms with Gasteiger partial charge >= 0.3 is 5.97 Å². The Morgan fingerprint density at radius 2 is 2.17 bits per heavy atom. The number of hydrogen-bond acceptors (Lipinski definition) is 4. The van der Waals surface area contributed by atoms with Gasteiger partial charge in [-0.05, 0) is 38.6 Å². The predicted molar refractivity (Wildman–Crippen MR) is 68.8 cm³/mol. The SMILES string of the molecule is CCOC(=O)C1CCCCN1C(=O)CC(C)CN. The lowest BCUT2D eigenvalue weighted by atomic mass is 10.00. The van der Waals surface area contributed by atoms with Crippen LogP contribution in [-0.2, 0) is 14.3 Å². The van der Waals surface area contributed by atoms with Crippen molar-refractivity contribution < 1.29 is 14.3 Å². The molecule has 0 spiro atoms. The molecule has 0 bridgehead atoms. The van der Waals surface area contributed by atoms with Crippen molar-refractivity contribution in [3.05, 3.63) is 0 Å². The average molecular weight is 256 g/mol. The number of piperidine rings is 1. The summed E-state index contributed by atoms with van der Waals surface area (Å²) in [7, 11) is 0. The van der Waals surface area contributed by atoms with E-state index < -0.39 is 6.04 Å².